The van der Waals surface area contributed by atoms with E-state index in [-0.39, 0.29) is 69.8 Å². The van der Waals surface area contributed by atoms with Gasteiger partial charge < -0.3 is 53.5 Å². The fourth-order valence-electron chi connectivity index (χ4n) is 8.88. The van der Waals surface area contributed by atoms with Crippen molar-refractivity contribution >= 4 is 68.2 Å². The average Bonchev–Trinajstić information content (AvgIpc) is 3.67. The van der Waals surface area contributed by atoms with Crippen molar-refractivity contribution in [3.63, 3.8) is 0 Å². The van der Waals surface area contributed by atoms with Crippen molar-refractivity contribution in [1.29, 1.82) is 0 Å². The number of hydrogen-bond donors (Lipinski definition) is 5. The Morgan fingerprint density at radius 2 is 1.88 bits per heavy atom. The summed E-state index contributed by atoms with van der Waals surface area (Å²) in [6, 6.07) is 6.13. The van der Waals surface area contributed by atoms with E-state index in [1.807, 2.05) is 13.8 Å². The molecule has 0 spiro atoms. The summed E-state index contributed by atoms with van der Waals surface area (Å²) in [6.07, 6.45) is -3.89. The summed E-state index contributed by atoms with van der Waals surface area (Å²) in [4.78, 5) is 58.5. The number of methoxy groups -OCH3 is 2. The molecule has 4 heterocycles. The SMILES string of the molecule is COC(=O)NC1=C2C#C/C=C\C#C[C@H](OC3OC(C)C(SC)(C(=O)c4nccc5c4oc4ccc(O)cc45)C(O)C3OC3CC(OC)C(NC(C)C)CO3)C2/C(=C\CSC(C)=O)[C@@H](O)CC1=O. The Kier molecular flexibility index (Phi) is 16.0. The van der Waals surface area contributed by atoms with Crippen LogP contribution in [0.4, 0.5) is 4.79 Å². The second kappa shape index (κ2) is 21.5. The van der Waals surface area contributed by atoms with E-state index in [2.05, 4.69) is 39.3 Å². The van der Waals surface area contributed by atoms with E-state index in [0.717, 1.165) is 30.6 Å². The van der Waals surface area contributed by atoms with Gasteiger partial charge in [-0.25, -0.2) is 9.78 Å². The second-order valence-corrected chi connectivity index (χ2v) is 18.8. The summed E-state index contributed by atoms with van der Waals surface area (Å²) in [6.45, 7) is 7.16. The Morgan fingerprint density at radius 1 is 1.10 bits per heavy atom. The predicted octanol–water partition coefficient (Wildman–Crippen LogP) is 4.32. The van der Waals surface area contributed by atoms with Crippen LogP contribution in [-0.2, 0) is 38.0 Å². The molecule has 1 aromatic carbocycles. The molecule has 67 heavy (non-hydrogen) atoms. The fraction of sp³-hybridized carbons (Fsp3) is 0.479. The number of aliphatic hydroxyl groups excluding tert-OH is 2. The predicted molar refractivity (Wildman–Crippen MR) is 249 cm³/mol. The summed E-state index contributed by atoms with van der Waals surface area (Å²) in [5, 5.41) is 41.8. The van der Waals surface area contributed by atoms with Crippen molar-refractivity contribution in [1.82, 2.24) is 15.6 Å². The van der Waals surface area contributed by atoms with Crippen molar-refractivity contribution in [2.45, 2.75) is 107 Å². The van der Waals surface area contributed by atoms with Crippen LogP contribution >= 0.6 is 23.5 Å². The number of aromatic nitrogens is 1. The van der Waals surface area contributed by atoms with E-state index in [4.69, 9.17) is 32.8 Å². The van der Waals surface area contributed by atoms with Gasteiger partial charge in [0.25, 0.3) is 0 Å². The number of benzene rings is 1. The molecule has 1 amide bonds. The number of nitrogens with one attached hydrogen (secondary N) is 2. The number of aliphatic hydroxyl groups is 2. The molecule has 4 aliphatic rings. The lowest BCUT2D eigenvalue weighted by atomic mass is 9.82. The van der Waals surface area contributed by atoms with Gasteiger partial charge in [-0.2, -0.15) is 0 Å². The van der Waals surface area contributed by atoms with E-state index < -0.39 is 83.9 Å². The number of carbonyl (C=O) groups is 4. The van der Waals surface area contributed by atoms with Gasteiger partial charge >= 0.3 is 6.09 Å². The quantitative estimate of drug-likeness (QED) is 0.0912. The Hall–Kier alpha value is -5.03. The van der Waals surface area contributed by atoms with Crippen molar-refractivity contribution in [2.75, 3.05) is 32.8 Å². The highest BCUT2D eigenvalue weighted by molar-refractivity contribution is 8.13. The molecular formula is C48H53N3O14S2. The molecule has 5 N–H and O–H groups in total. The number of rotatable bonds is 13. The number of carbonyl (C=O) groups excluding carboxylic acids is 4. The Balaban J connectivity index is 1.35. The first kappa shape index (κ1) is 49.9. The largest absolute Gasteiger partial charge is 0.508 e. The molecule has 3 aromatic rings. The monoisotopic (exact) mass is 959 g/mol. The van der Waals surface area contributed by atoms with Crippen LogP contribution in [-0.4, -0.2) is 142 Å². The Labute approximate surface area is 395 Å². The molecular weight excluding hydrogens is 907 g/mol. The van der Waals surface area contributed by atoms with Gasteiger partial charge in [0.2, 0.25) is 5.78 Å². The van der Waals surface area contributed by atoms with Crippen LogP contribution in [0.5, 0.6) is 5.75 Å². The number of phenols is 1. The maximum atomic E-state index is 15.3. The topological polar surface area (TPSA) is 234 Å². The molecule has 0 saturated carbocycles. The van der Waals surface area contributed by atoms with Gasteiger partial charge in [-0.1, -0.05) is 55.4 Å². The lowest BCUT2D eigenvalue weighted by molar-refractivity contribution is -0.326. The number of aromatic hydroxyl groups is 1. The maximum Gasteiger partial charge on any atom is 0.411 e. The third-order valence-electron chi connectivity index (χ3n) is 12.0. The molecule has 0 bridgehead atoms. The highest BCUT2D eigenvalue weighted by atomic mass is 32.2. The first-order valence-corrected chi connectivity index (χ1v) is 23.8. The highest BCUT2D eigenvalue weighted by Gasteiger charge is 2.61. The van der Waals surface area contributed by atoms with Crippen molar-refractivity contribution in [2.24, 2.45) is 5.92 Å². The zero-order valence-corrected chi connectivity index (χ0v) is 39.5. The minimum Gasteiger partial charge on any atom is -0.508 e. The molecule has 2 saturated heterocycles. The van der Waals surface area contributed by atoms with Crippen LogP contribution < -0.4 is 10.6 Å². The van der Waals surface area contributed by atoms with Crippen LogP contribution in [0.1, 0.15) is 51.0 Å². The summed E-state index contributed by atoms with van der Waals surface area (Å²) < 4.78 is 41.6. The molecule has 7 rings (SSSR count). The summed E-state index contributed by atoms with van der Waals surface area (Å²) in [7, 11) is 2.71. The van der Waals surface area contributed by atoms with Crippen molar-refractivity contribution < 1.29 is 67.3 Å². The molecule has 2 aliphatic heterocycles. The van der Waals surface area contributed by atoms with Crippen molar-refractivity contribution in [3.05, 3.63) is 71.2 Å². The van der Waals surface area contributed by atoms with Gasteiger partial charge in [0.1, 0.15) is 34.4 Å². The van der Waals surface area contributed by atoms with E-state index in [9.17, 15) is 29.7 Å². The molecule has 2 fully saturated rings. The minimum absolute atomic E-state index is 0.00284. The number of ether oxygens (including phenoxy) is 6. The van der Waals surface area contributed by atoms with Gasteiger partial charge in [-0.15, -0.1) is 11.8 Å². The maximum absolute atomic E-state index is 15.3. The summed E-state index contributed by atoms with van der Waals surface area (Å²) in [5.74, 6) is 9.36. The standard InChI is InChI=1S/C48H53N3O14S2/c1-24(2)50-32-23-61-38(22-37(32)59-5)65-43-45(57)48(66-7,44(56)41-42-28(16-18-49-41)31-20-27(53)14-15-35(31)63-42)25(3)62-46(43)64-36-13-11-9-8-10-12-30-39(36)29(17-19-67-26(4)52)33(54)21-34(55)40(30)51-47(58)60-6/h8-9,14-18,20,24-25,32-33,36-39,43,45-46,50,53-54,57H,19,21-23H2,1-7H3,(H,51,58)/b9-8-,29-17-/t25?,32?,33-,36-,37?,38?,39?,43?,45?,46?,48?/m0/s1. The molecule has 0 radical (unpaired) electrons. The number of ketones is 2. The molecule has 17 nitrogen and oxygen atoms in total. The number of allylic oxidation sites excluding steroid dienone is 3. The van der Waals surface area contributed by atoms with Gasteiger partial charge in [0, 0.05) is 61.2 Å². The molecule has 19 heteroatoms. The van der Waals surface area contributed by atoms with Gasteiger partial charge in [-0.3, -0.25) is 19.7 Å². The molecule has 2 aromatic heterocycles. The van der Waals surface area contributed by atoms with E-state index in [1.165, 1.54) is 37.4 Å². The highest BCUT2D eigenvalue weighted by Crippen LogP contribution is 2.46. The molecule has 2 aliphatic carbocycles. The minimum atomic E-state index is -1.84. The average molecular weight is 960 g/mol. The number of amides is 1. The van der Waals surface area contributed by atoms with Gasteiger partial charge in [-0.05, 0) is 55.2 Å². The van der Waals surface area contributed by atoms with E-state index >= 15 is 4.79 Å². The number of pyridine rings is 1. The summed E-state index contributed by atoms with van der Waals surface area (Å²) >= 11 is 1.99. The number of furan rings is 1. The molecule has 11 atom stereocenters. The Bertz CT molecular complexity index is 2620. The number of nitrogens with zero attached hydrogens (tertiary/aromatic N) is 1. The first-order chi connectivity index (χ1) is 32.1. The number of phenolic OH excluding ortho intramolecular Hbond substituents is 1. The third-order valence-corrected chi connectivity index (χ3v) is 14.2. The smallest absolute Gasteiger partial charge is 0.411 e. The molecule has 356 valence electrons. The number of fused-ring (bicyclic) bond motifs is 4. The second-order valence-electron chi connectivity index (χ2n) is 16.5. The zero-order chi connectivity index (χ0) is 48.2. The first-order valence-electron chi connectivity index (χ1n) is 21.6. The zero-order valence-electron chi connectivity index (χ0n) is 37.9. The number of alkyl carbamates (subject to hydrolysis) is 1. The van der Waals surface area contributed by atoms with Crippen LogP contribution in [0.25, 0.3) is 21.9 Å². The van der Waals surface area contributed by atoms with E-state index in [0.29, 0.717) is 16.4 Å². The normalized spacial score (nSPS) is 30.8. The van der Waals surface area contributed by atoms with Crippen molar-refractivity contribution in [3.8, 4) is 29.4 Å². The van der Waals surface area contributed by atoms with Gasteiger partial charge in [0.05, 0.1) is 49.7 Å². The van der Waals surface area contributed by atoms with Crippen LogP contribution in [0.3, 0.4) is 0 Å². The van der Waals surface area contributed by atoms with Crippen LogP contribution in [0.15, 0.2) is 70.0 Å². The number of hydrogen-bond acceptors (Lipinski definition) is 18. The fourth-order valence-corrected chi connectivity index (χ4v) is 10.4. The number of Topliss-reactive ketones (excluding diaryl/α,β-unsaturated/α-hetero) is 2. The molecule has 9 unspecified atom stereocenters. The third kappa shape index (κ3) is 10.4. The van der Waals surface area contributed by atoms with Crippen LogP contribution in [0.2, 0.25) is 0 Å². The van der Waals surface area contributed by atoms with Crippen LogP contribution in [0, 0.1) is 29.6 Å². The summed E-state index contributed by atoms with van der Waals surface area (Å²) in [5.41, 5.74) is 0.403. The van der Waals surface area contributed by atoms with Gasteiger partial charge in [0.15, 0.2) is 34.8 Å². The number of thioether (sulfide) groups is 2. The Morgan fingerprint density at radius 3 is 2.60 bits per heavy atom. The lowest BCUT2D eigenvalue weighted by Crippen LogP contribution is -2.69. The van der Waals surface area contributed by atoms with E-state index in [1.54, 1.807) is 38.5 Å². The lowest BCUT2D eigenvalue weighted by Gasteiger charge is -2.51.